The zero-order valence-electron chi connectivity index (χ0n) is 33.2. The van der Waals surface area contributed by atoms with E-state index >= 15 is 0 Å². The van der Waals surface area contributed by atoms with Crippen LogP contribution in [-0.2, 0) is 24.6 Å². The Balaban J connectivity index is 0.000000152. The van der Waals surface area contributed by atoms with Gasteiger partial charge in [-0.25, -0.2) is 15.0 Å². The minimum Gasteiger partial charge on any atom is -0.390 e. The molecular weight excluding hydrogens is 833 g/mol. The molecule has 6 aromatic heterocycles. The molecule has 0 unspecified atom stereocenters. The van der Waals surface area contributed by atoms with Gasteiger partial charge in [0.1, 0.15) is 21.4 Å². The van der Waals surface area contributed by atoms with E-state index < -0.39 is 0 Å². The number of benzene rings is 2. The first-order chi connectivity index (χ1) is 28.4. The topological polar surface area (TPSA) is 153 Å². The molecule has 8 aromatic rings. The molecule has 14 heteroatoms. The third-order valence-corrected chi connectivity index (χ3v) is 10.7. The quantitative estimate of drug-likeness (QED) is 0.112. The Kier molecular flexibility index (Phi) is 13.7. The highest BCUT2D eigenvalue weighted by Gasteiger charge is 2.18. The lowest BCUT2D eigenvalue weighted by Gasteiger charge is -2.14. The van der Waals surface area contributed by atoms with Crippen LogP contribution in [0.1, 0.15) is 45.3 Å². The summed E-state index contributed by atoms with van der Waals surface area (Å²) in [6.45, 7) is 9.29. The van der Waals surface area contributed by atoms with Gasteiger partial charge < -0.3 is 14.9 Å². The second-order valence-electron chi connectivity index (χ2n) is 13.7. The minimum absolute atomic E-state index is 0.0693. The fraction of sp³-hybridized carbons (Fsp3) is 0.200. The smallest absolute Gasteiger partial charge is 0.272 e. The molecule has 0 aliphatic heterocycles. The number of pyridine rings is 3. The number of nitrogens with zero attached hydrogens (tertiary/aromatic N) is 6. The van der Waals surface area contributed by atoms with Gasteiger partial charge in [-0.15, -0.1) is 0 Å². The Labute approximate surface area is 353 Å². The molecule has 0 aliphatic carbocycles. The Hall–Kier alpha value is -5.77. The van der Waals surface area contributed by atoms with Crippen molar-refractivity contribution in [2.24, 2.45) is 0 Å². The van der Waals surface area contributed by atoms with Gasteiger partial charge in [-0.3, -0.25) is 27.6 Å². The summed E-state index contributed by atoms with van der Waals surface area (Å²) in [6.07, 6.45) is 0. The summed E-state index contributed by atoms with van der Waals surface area (Å²) in [5.41, 5.74) is 10.0. The average Bonchev–Trinajstić information content (AvgIpc) is 3.22. The normalized spacial score (nSPS) is 11.0. The van der Waals surface area contributed by atoms with Crippen molar-refractivity contribution in [2.75, 3.05) is 5.94 Å². The summed E-state index contributed by atoms with van der Waals surface area (Å²) in [4.78, 5) is 51.2. The fourth-order valence-corrected chi connectivity index (χ4v) is 7.33. The molecule has 0 spiro atoms. The van der Waals surface area contributed by atoms with Crippen molar-refractivity contribution < 1.29 is 14.9 Å². The van der Waals surface area contributed by atoms with Gasteiger partial charge in [-0.05, 0) is 109 Å². The molecule has 12 nitrogen and oxygen atoms in total. The molecule has 2 N–H and O–H groups in total. The Bertz CT molecular complexity index is 3020. The van der Waals surface area contributed by atoms with E-state index in [0.717, 1.165) is 39.3 Å². The van der Waals surface area contributed by atoms with Crippen LogP contribution in [-0.4, -0.2) is 44.3 Å². The zero-order valence-corrected chi connectivity index (χ0v) is 35.7. The van der Waals surface area contributed by atoms with E-state index in [0.29, 0.717) is 49.6 Å². The Morgan fingerprint density at radius 3 is 1.36 bits per heavy atom. The number of aromatic nitrogens is 6. The summed E-state index contributed by atoms with van der Waals surface area (Å²) >= 11 is 7.21. The van der Waals surface area contributed by atoms with Crippen LogP contribution in [0, 0.1) is 34.6 Å². The largest absolute Gasteiger partial charge is 0.390 e. The Morgan fingerprint density at radius 2 is 0.932 bits per heavy atom. The van der Waals surface area contributed by atoms with Crippen molar-refractivity contribution >= 4 is 45.5 Å². The molecule has 2 aromatic carbocycles. The zero-order chi connectivity index (χ0) is 42.4. The summed E-state index contributed by atoms with van der Waals surface area (Å²) in [7, 11) is 0. The highest BCUT2D eigenvalue weighted by atomic mass is 79.9. The fourth-order valence-electron chi connectivity index (χ4n) is 6.85. The minimum atomic E-state index is -0.261. The summed E-state index contributed by atoms with van der Waals surface area (Å²) < 4.78 is 10.5. The number of aryl methyl sites for hydroxylation is 5. The number of hydrogen-bond donors (Lipinski definition) is 3. The first-order valence-electron chi connectivity index (χ1n) is 18.6. The highest BCUT2D eigenvalue weighted by molar-refractivity contribution is 9.10. The van der Waals surface area contributed by atoms with Gasteiger partial charge in [-0.2, -0.15) is 12.6 Å². The summed E-state index contributed by atoms with van der Waals surface area (Å²) in [6, 6.07) is 32.0. The van der Waals surface area contributed by atoms with E-state index in [2.05, 4.69) is 43.5 Å². The van der Waals surface area contributed by atoms with Crippen molar-refractivity contribution in [1.29, 1.82) is 0 Å². The van der Waals surface area contributed by atoms with E-state index in [1.54, 1.807) is 20.9 Å². The predicted molar refractivity (Wildman–Crippen MR) is 237 cm³/mol. The number of fused-ring (bicyclic) bond motifs is 3. The number of aliphatic hydroxyl groups excluding tert-OH is 2. The summed E-state index contributed by atoms with van der Waals surface area (Å²) in [5, 5.41) is 18.6. The maximum Gasteiger partial charge on any atom is 0.272 e. The molecule has 0 fully saturated rings. The monoisotopic (exact) mass is 874 g/mol. The molecule has 0 amide bonds. The number of aliphatic hydroxyl groups is 2. The molecule has 0 saturated heterocycles. The van der Waals surface area contributed by atoms with E-state index in [1.165, 1.54) is 4.40 Å². The maximum atomic E-state index is 13.1. The molecule has 0 aliphatic rings. The molecule has 0 bridgehead atoms. The first-order valence-corrected chi connectivity index (χ1v) is 20.1. The van der Waals surface area contributed by atoms with Crippen LogP contribution in [0.3, 0.4) is 0 Å². The van der Waals surface area contributed by atoms with Crippen molar-refractivity contribution in [3.05, 3.63) is 184 Å². The van der Waals surface area contributed by atoms with Crippen molar-refractivity contribution in [3.8, 4) is 22.3 Å². The van der Waals surface area contributed by atoms with Crippen LogP contribution in [0.4, 0.5) is 0 Å². The van der Waals surface area contributed by atoms with Gasteiger partial charge >= 0.3 is 0 Å². The second-order valence-corrected chi connectivity index (χ2v) is 14.7. The molecule has 0 saturated carbocycles. The maximum absolute atomic E-state index is 13.1. The standard InChI is InChI=1S/C18H18N2O2S.C17H16N2O2.C10H9BrN2O2/c1-12-6-3-4-8-14(12)17-15(10-22-11-23)19-16-9-5-7-13(2)20(16)18(17)21;1-11-6-3-4-8-13(11)16-14(10-20)18-15-9-5-7-12(2)19(15)17(16)21;1-6-3-2-4-8-12-7(5-14)9(11)10(15)13(6)8/h3-9,23H,10-11H2,1-2H3;3-9,20H,10H2,1-2H3;2-4,14H,5H2,1H3. The van der Waals surface area contributed by atoms with Crippen LogP contribution in [0.2, 0.25) is 0 Å². The number of rotatable bonds is 7. The number of thiol groups is 1. The van der Waals surface area contributed by atoms with Gasteiger partial charge in [0.05, 0.1) is 54.0 Å². The number of ether oxygens (including phenoxy) is 1. The molecule has 302 valence electrons. The highest BCUT2D eigenvalue weighted by Crippen LogP contribution is 2.25. The third kappa shape index (κ3) is 8.82. The molecule has 0 atom stereocenters. The number of halogens is 1. The molecular formula is C45H43BrN6O6S. The lowest BCUT2D eigenvalue weighted by molar-refractivity contribution is 0.167. The Morgan fingerprint density at radius 1 is 0.542 bits per heavy atom. The van der Waals surface area contributed by atoms with Gasteiger partial charge in [0.25, 0.3) is 16.7 Å². The van der Waals surface area contributed by atoms with E-state index in [4.69, 9.17) is 9.84 Å². The average molecular weight is 876 g/mol. The molecule has 59 heavy (non-hydrogen) atoms. The number of hydrogen-bond acceptors (Lipinski definition) is 10. The molecule has 0 radical (unpaired) electrons. The van der Waals surface area contributed by atoms with Gasteiger partial charge in [-0.1, -0.05) is 66.7 Å². The van der Waals surface area contributed by atoms with E-state index in [-0.39, 0.29) is 42.4 Å². The lowest BCUT2D eigenvalue weighted by Crippen LogP contribution is -2.22. The van der Waals surface area contributed by atoms with Crippen LogP contribution in [0.25, 0.3) is 39.2 Å². The SMILES string of the molecule is Cc1cccc2nc(CO)c(Br)c(=O)n12.Cc1ccccc1-c1c(CO)nc2cccc(C)n2c1=O.Cc1ccccc1-c1c(COCS)nc2cccc(C)n2c1=O. The van der Waals surface area contributed by atoms with Crippen LogP contribution >= 0.6 is 28.6 Å². The van der Waals surface area contributed by atoms with Crippen LogP contribution in [0.15, 0.2) is 122 Å². The predicted octanol–water partition coefficient (Wildman–Crippen LogP) is 7.11. The summed E-state index contributed by atoms with van der Waals surface area (Å²) in [5.74, 6) is 0.280. The van der Waals surface area contributed by atoms with Crippen molar-refractivity contribution in [1.82, 2.24) is 28.2 Å². The molecule has 6 heterocycles. The molecule has 8 rings (SSSR count). The van der Waals surface area contributed by atoms with Crippen LogP contribution in [0.5, 0.6) is 0 Å². The van der Waals surface area contributed by atoms with Crippen LogP contribution < -0.4 is 16.7 Å². The van der Waals surface area contributed by atoms with Crippen molar-refractivity contribution in [2.45, 2.75) is 54.4 Å². The van der Waals surface area contributed by atoms with Gasteiger partial charge in [0, 0.05) is 17.1 Å². The van der Waals surface area contributed by atoms with Crippen molar-refractivity contribution in [3.63, 3.8) is 0 Å². The van der Waals surface area contributed by atoms with Gasteiger partial charge in [0.15, 0.2) is 0 Å². The lowest BCUT2D eigenvalue weighted by atomic mass is 10.00. The second kappa shape index (κ2) is 18.9. The third-order valence-electron chi connectivity index (χ3n) is 9.76. The van der Waals surface area contributed by atoms with E-state index in [1.807, 2.05) is 126 Å². The van der Waals surface area contributed by atoms with Gasteiger partial charge in [0.2, 0.25) is 0 Å². The first kappa shape index (κ1) is 42.8. The van der Waals surface area contributed by atoms with E-state index in [9.17, 15) is 19.5 Å².